The predicted molar refractivity (Wildman–Crippen MR) is 73.4 cm³/mol. The Kier molecular flexibility index (Phi) is 2.92. The topological polar surface area (TPSA) is 29.0 Å². The van der Waals surface area contributed by atoms with Gasteiger partial charge >= 0.3 is 0 Å². The van der Waals surface area contributed by atoms with Crippen LogP contribution in [0.3, 0.4) is 0 Å². The van der Waals surface area contributed by atoms with Crippen LogP contribution in [-0.2, 0) is 6.42 Å². The second-order valence-corrected chi connectivity index (χ2v) is 5.07. The third kappa shape index (κ3) is 2.06. The molecule has 0 saturated heterocycles. The quantitative estimate of drug-likeness (QED) is 0.735. The molecule has 1 aromatic carbocycles. The van der Waals surface area contributed by atoms with Gasteiger partial charge in [-0.25, -0.2) is 9.97 Å². The third-order valence-electron chi connectivity index (χ3n) is 3.23. The van der Waals surface area contributed by atoms with Gasteiger partial charge in [-0.1, -0.05) is 25.1 Å². The molecule has 1 unspecified atom stereocenters. The molecule has 4 heteroatoms. The number of benzene rings is 1. The van der Waals surface area contributed by atoms with Crippen LogP contribution in [0.2, 0.25) is 5.28 Å². The van der Waals surface area contributed by atoms with Crippen LogP contribution in [0.15, 0.2) is 36.5 Å². The lowest BCUT2D eigenvalue weighted by atomic mass is 9.94. The summed E-state index contributed by atoms with van der Waals surface area (Å²) in [5.74, 6) is 1.47. The van der Waals surface area contributed by atoms with Gasteiger partial charge in [-0.15, -0.1) is 0 Å². The van der Waals surface area contributed by atoms with Gasteiger partial charge in [0.15, 0.2) is 0 Å². The molecular formula is C14H14ClN3. The van der Waals surface area contributed by atoms with Crippen molar-refractivity contribution in [2.45, 2.75) is 13.3 Å². The van der Waals surface area contributed by atoms with Gasteiger partial charge in [0.05, 0.1) is 0 Å². The first kappa shape index (κ1) is 11.5. The first-order valence-electron chi connectivity index (χ1n) is 6.08. The minimum Gasteiger partial charge on any atom is -0.326 e. The van der Waals surface area contributed by atoms with Gasteiger partial charge < -0.3 is 4.90 Å². The molecule has 1 aliphatic rings. The molecule has 3 nitrogen and oxygen atoms in total. The van der Waals surface area contributed by atoms with E-state index < -0.39 is 0 Å². The van der Waals surface area contributed by atoms with Gasteiger partial charge in [0.2, 0.25) is 5.28 Å². The largest absolute Gasteiger partial charge is 0.326 e. The molecule has 0 saturated carbocycles. The van der Waals surface area contributed by atoms with E-state index in [4.69, 9.17) is 11.6 Å². The lowest BCUT2D eigenvalue weighted by molar-refractivity contribution is 0.560. The predicted octanol–water partition coefficient (Wildman–Crippen LogP) is 3.46. The summed E-state index contributed by atoms with van der Waals surface area (Å²) >= 11 is 5.88. The fourth-order valence-corrected chi connectivity index (χ4v) is 2.63. The molecule has 18 heavy (non-hydrogen) atoms. The molecule has 2 heterocycles. The summed E-state index contributed by atoms with van der Waals surface area (Å²) in [5.41, 5.74) is 2.59. The van der Waals surface area contributed by atoms with Crippen molar-refractivity contribution in [3.8, 4) is 0 Å². The van der Waals surface area contributed by atoms with Gasteiger partial charge in [0.1, 0.15) is 5.82 Å². The van der Waals surface area contributed by atoms with Crippen molar-refractivity contribution in [2.24, 2.45) is 5.92 Å². The van der Waals surface area contributed by atoms with Crippen molar-refractivity contribution in [3.05, 3.63) is 47.4 Å². The Morgan fingerprint density at radius 2 is 2.11 bits per heavy atom. The van der Waals surface area contributed by atoms with Crippen molar-refractivity contribution in [1.29, 1.82) is 0 Å². The lowest BCUT2D eigenvalue weighted by Gasteiger charge is -2.33. The molecule has 0 N–H and O–H groups in total. The normalized spacial score (nSPS) is 18.6. The second-order valence-electron chi connectivity index (χ2n) is 4.73. The van der Waals surface area contributed by atoms with Crippen LogP contribution in [0.5, 0.6) is 0 Å². The second kappa shape index (κ2) is 4.58. The highest BCUT2D eigenvalue weighted by Gasteiger charge is 2.23. The molecule has 3 rings (SSSR count). The average Bonchev–Trinajstić information content (AvgIpc) is 2.37. The van der Waals surface area contributed by atoms with Crippen LogP contribution in [0.25, 0.3) is 0 Å². The summed E-state index contributed by atoms with van der Waals surface area (Å²) in [5, 5.41) is 0.295. The minimum atomic E-state index is 0.295. The standard InChI is InChI=1S/C14H14ClN3/c1-10-8-11-4-2-3-5-12(11)18(9-10)13-6-7-16-14(15)17-13/h2-7,10H,8-9H2,1H3. The molecule has 92 valence electrons. The van der Waals surface area contributed by atoms with Crippen LogP contribution in [-0.4, -0.2) is 16.5 Å². The van der Waals surface area contributed by atoms with Gasteiger partial charge in [-0.3, -0.25) is 0 Å². The Morgan fingerprint density at radius 3 is 2.94 bits per heavy atom. The number of halogens is 1. The summed E-state index contributed by atoms with van der Waals surface area (Å²) in [6.45, 7) is 3.22. The molecule has 1 aliphatic heterocycles. The Labute approximate surface area is 111 Å². The monoisotopic (exact) mass is 259 g/mol. The Balaban J connectivity index is 2.07. The number of para-hydroxylation sites is 1. The van der Waals surface area contributed by atoms with Crippen LogP contribution in [0.1, 0.15) is 12.5 Å². The van der Waals surface area contributed by atoms with Crippen LogP contribution < -0.4 is 4.90 Å². The van der Waals surface area contributed by atoms with Crippen molar-refractivity contribution in [2.75, 3.05) is 11.4 Å². The zero-order chi connectivity index (χ0) is 12.5. The van der Waals surface area contributed by atoms with Crippen LogP contribution >= 0.6 is 11.6 Å². The van der Waals surface area contributed by atoms with Gasteiger partial charge in [0, 0.05) is 18.4 Å². The number of hydrogen-bond donors (Lipinski definition) is 0. The minimum absolute atomic E-state index is 0.295. The summed E-state index contributed by atoms with van der Waals surface area (Å²) < 4.78 is 0. The van der Waals surface area contributed by atoms with E-state index in [0.717, 1.165) is 18.8 Å². The molecular weight excluding hydrogens is 246 g/mol. The maximum Gasteiger partial charge on any atom is 0.224 e. The van der Waals surface area contributed by atoms with E-state index >= 15 is 0 Å². The SMILES string of the molecule is CC1Cc2ccccc2N(c2ccnc(Cl)n2)C1. The number of anilines is 2. The van der Waals surface area contributed by atoms with Gasteiger partial charge in [0.25, 0.3) is 0 Å². The van der Waals surface area contributed by atoms with E-state index in [2.05, 4.69) is 46.1 Å². The van der Waals surface area contributed by atoms with Crippen LogP contribution in [0, 0.1) is 5.92 Å². The lowest BCUT2D eigenvalue weighted by Crippen LogP contribution is -2.31. The van der Waals surface area contributed by atoms with E-state index in [1.807, 2.05) is 6.07 Å². The highest BCUT2D eigenvalue weighted by Crippen LogP contribution is 2.34. The number of fused-ring (bicyclic) bond motifs is 1. The Bertz CT molecular complexity index is 570. The summed E-state index contributed by atoms with van der Waals surface area (Å²) in [4.78, 5) is 10.5. The maximum atomic E-state index is 5.88. The van der Waals surface area contributed by atoms with E-state index in [-0.39, 0.29) is 0 Å². The molecule has 1 atom stereocenters. The Morgan fingerprint density at radius 1 is 1.28 bits per heavy atom. The molecule has 0 spiro atoms. The summed E-state index contributed by atoms with van der Waals surface area (Å²) in [7, 11) is 0. The summed E-state index contributed by atoms with van der Waals surface area (Å²) in [6, 6.07) is 10.4. The van der Waals surface area contributed by atoms with E-state index in [0.29, 0.717) is 11.2 Å². The summed E-state index contributed by atoms with van der Waals surface area (Å²) in [6.07, 6.45) is 2.82. The van der Waals surface area contributed by atoms with Gasteiger partial charge in [-0.2, -0.15) is 0 Å². The molecule has 1 aromatic heterocycles. The molecule has 2 aromatic rings. The van der Waals surface area contributed by atoms with Crippen molar-refractivity contribution >= 4 is 23.1 Å². The molecule has 0 amide bonds. The van der Waals surface area contributed by atoms with E-state index in [9.17, 15) is 0 Å². The highest BCUT2D eigenvalue weighted by molar-refractivity contribution is 6.28. The molecule has 0 fully saturated rings. The molecule has 0 bridgehead atoms. The zero-order valence-electron chi connectivity index (χ0n) is 10.2. The smallest absolute Gasteiger partial charge is 0.224 e. The van der Waals surface area contributed by atoms with E-state index in [1.54, 1.807) is 6.20 Å². The van der Waals surface area contributed by atoms with Gasteiger partial charge in [-0.05, 0) is 41.6 Å². The average molecular weight is 260 g/mol. The fraction of sp³-hybridized carbons (Fsp3) is 0.286. The third-order valence-corrected chi connectivity index (χ3v) is 3.42. The first-order chi connectivity index (χ1) is 8.74. The van der Waals surface area contributed by atoms with Crippen molar-refractivity contribution in [1.82, 2.24) is 9.97 Å². The molecule has 0 aliphatic carbocycles. The molecule has 0 radical (unpaired) electrons. The van der Waals surface area contributed by atoms with Crippen molar-refractivity contribution in [3.63, 3.8) is 0 Å². The number of hydrogen-bond acceptors (Lipinski definition) is 3. The number of aromatic nitrogens is 2. The van der Waals surface area contributed by atoms with Crippen LogP contribution in [0.4, 0.5) is 11.5 Å². The maximum absolute atomic E-state index is 5.88. The Hall–Kier alpha value is -1.61. The highest BCUT2D eigenvalue weighted by atomic mass is 35.5. The number of rotatable bonds is 1. The zero-order valence-corrected chi connectivity index (χ0v) is 10.9. The van der Waals surface area contributed by atoms with E-state index in [1.165, 1.54) is 11.3 Å². The first-order valence-corrected chi connectivity index (χ1v) is 6.46. The number of nitrogens with zero attached hydrogens (tertiary/aromatic N) is 3. The van der Waals surface area contributed by atoms with Crippen molar-refractivity contribution < 1.29 is 0 Å². The fourth-order valence-electron chi connectivity index (χ4n) is 2.49.